The molecule has 0 aliphatic carbocycles. The number of amides is 1. The van der Waals surface area contributed by atoms with Crippen molar-refractivity contribution in [3.8, 4) is 0 Å². The van der Waals surface area contributed by atoms with Gasteiger partial charge in [-0.05, 0) is 39.7 Å². The van der Waals surface area contributed by atoms with Gasteiger partial charge in [0.2, 0.25) is 0 Å². The van der Waals surface area contributed by atoms with E-state index in [2.05, 4.69) is 5.32 Å². The van der Waals surface area contributed by atoms with E-state index in [9.17, 15) is 19.5 Å². The van der Waals surface area contributed by atoms with E-state index in [1.54, 1.807) is 41.5 Å². The first kappa shape index (κ1) is 26.6. The quantitative estimate of drug-likeness (QED) is 0.503. The van der Waals surface area contributed by atoms with Crippen LogP contribution in [0.2, 0.25) is 0 Å². The number of benzene rings is 1. The summed E-state index contributed by atoms with van der Waals surface area (Å²) in [5.74, 6) is -2.43. The number of aliphatic hydroxyl groups excluding tert-OH is 1. The molecular formula is C24H35NO8. The number of alkyl carbamates (subject to hydrolysis) is 1. The van der Waals surface area contributed by atoms with Crippen LogP contribution in [0.25, 0.3) is 0 Å². The number of carbonyl (C=O) groups is 3. The van der Waals surface area contributed by atoms with Crippen molar-refractivity contribution in [3.05, 3.63) is 35.9 Å². The van der Waals surface area contributed by atoms with Crippen molar-refractivity contribution in [2.75, 3.05) is 6.61 Å². The minimum atomic E-state index is -1.53. The third-order valence-electron chi connectivity index (χ3n) is 4.99. The highest BCUT2D eigenvalue weighted by molar-refractivity contribution is 5.76. The number of cyclic esters (lactones) is 1. The molecule has 0 saturated carbocycles. The molecule has 0 radical (unpaired) electrons. The van der Waals surface area contributed by atoms with Crippen LogP contribution in [0.1, 0.15) is 47.1 Å². The highest BCUT2D eigenvalue weighted by Crippen LogP contribution is 2.25. The lowest BCUT2D eigenvalue weighted by Crippen LogP contribution is -2.50. The Morgan fingerprint density at radius 3 is 2.42 bits per heavy atom. The number of esters is 2. The summed E-state index contributed by atoms with van der Waals surface area (Å²) >= 11 is 0. The van der Waals surface area contributed by atoms with E-state index in [4.69, 9.17) is 18.9 Å². The molecule has 1 aliphatic heterocycles. The van der Waals surface area contributed by atoms with Crippen LogP contribution in [0, 0.1) is 11.8 Å². The molecule has 9 nitrogen and oxygen atoms in total. The number of hydrogen-bond donors (Lipinski definition) is 2. The van der Waals surface area contributed by atoms with Crippen LogP contribution in [0.3, 0.4) is 0 Å². The standard InChI is InChI=1S/C24H35NO8/c1-14(2)20(26)32-19-15(3)31-22(28)18(25-23(29)33-24(4,5)6)13-30-21(27)17(19)12-16-10-8-7-9-11-16/h7-11,14-15,17-19,22,28H,12-13H2,1-6H3,(H,25,29). The first-order chi connectivity index (χ1) is 15.4. The molecule has 0 spiro atoms. The number of rotatable bonds is 5. The summed E-state index contributed by atoms with van der Waals surface area (Å²) in [7, 11) is 0. The second kappa shape index (κ2) is 11.5. The molecule has 2 rings (SSSR count). The van der Waals surface area contributed by atoms with Gasteiger partial charge < -0.3 is 29.4 Å². The van der Waals surface area contributed by atoms with E-state index < -0.39 is 60.0 Å². The van der Waals surface area contributed by atoms with Gasteiger partial charge in [-0.25, -0.2) is 4.79 Å². The fourth-order valence-corrected chi connectivity index (χ4v) is 3.30. The molecule has 0 bridgehead atoms. The molecule has 1 aromatic rings. The first-order valence-corrected chi connectivity index (χ1v) is 11.1. The topological polar surface area (TPSA) is 120 Å². The molecule has 1 heterocycles. The molecule has 9 heteroatoms. The van der Waals surface area contributed by atoms with Gasteiger partial charge in [0.15, 0.2) is 6.29 Å². The first-order valence-electron chi connectivity index (χ1n) is 11.1. The van der Waals surface area contributed by atoms with E-state index in [0.717, 1.165) is 5.56 Å². The maximum Gasteiger partial charge on any atom is 0.408 e. The molecular weight excluding hydrogens is 430 g/mol. The van der Waals surface area contributed by atoms with E-state index in [1.807, 2.05) is 30.3 Å². The maximum absolute atomic E-state index is 13.1. The van der Waals surface area contributed by atoms with Crippen molar-refractivity contribution in [1.82, 2.24) is 5.32 Å². The van der Waals surface area contributed by atoms with Crippen LogP contribution in [-0.4, -0.2) is 59.9 Å². The minimum Gasteiger partial charge on any atom is -0.463 e. The van der Waals surface area contributed by atoms with Crippen molar-refractivity contribution in [2.24, 2.45) is 11.8 Å². The predicted octanol–water partition coefficient (Wildman–Crippen LogP) is 2.59. The Morgan fingerprint density at radius 1 is 1.21 bits per heavy atom. The average molecular weight is 466 g/mol. The second-order valence-electron chi connectivity index (χ2n) is 9.47. The summed E-state index contributed by atoms with van der Waals surface area (Å²) < 4.78 is 22.0. The summed E-state index contributed by atoms with van der Waals surface area (Å²) in [5.41, 5.74) is 0.0930. The second-order valence-corrected chi connectivity index (χ2v) is 9.47. The number of aliphatic hydroxyl groups is 1. The minimum absolute atomic E-state index is 0.240. The summed E-state index contributed by atoms with van der Waals surface area (Å²) in [6, 6.07) is 8.17. The monoisotopic (exact) mass is 465 g/mol. The highest BCUT2D eigenvalue weighted by atomic mass is 16.6. The zero-order valence-corrected chi connectivity index (χ0v) is 20.1. The van der Waals surface area contributed by atoms with E-state index in [-0.39, 0.29) is 13.0 Å². The van der Waals surface area contributed by atoms with Crippen LogP contribution in [0.5, 0.6) is 0 Å². The van der Waals surface area contributed by atoms with E-state index in [1.165, 1.54) is 0 Å². The fraction of sp³-hybridized carbons (Fsp3) is 0.625. The van der Waals surface area contributed by atoms with Gasteiger partial charge >= 0.3 is 18.0 Å². The molecule has 5 atom stereocenters. The van der Waals surface area contributed by atoms with Crippen molar-refractivity contribution in [3.63, 3.8) is 0 Å². The molecule has 1 aromatic carbocycles. The molecule has 1 aliphatic rings. The maximum atomic E-state index is 13.1. The Kier molecular flexibility index (Phi) is 9.25. The van der Waals surface area contributed by atoms with Gasteiger partial charge in [0.05, 0.1) is 12.0 Å². The third kappa shape index (κ3) is 8.33. The summed E-state index contributed by atoms with van der Waals surface area (Å²) in [4.78, 5) is 37.7. The van der Waals surface area contributed by atoms with E-state index >= 15 is 0 Å². The van der Waals surface area contributed by atoms with Gasteiger partial charge in [0.1, 0.15) is 30.3 Å². The lowest BCUT2D eigenvalue weighted by atomic mass is 9.91. The average Bonchev–Trinajstić information content (AvgIpc) is 2.74. The molecule has 5 unspecified atom stereocenters. The molecule has 1 fully saturated rings. The fourth-order valence-electron chi connectivity index (χ4n) is 3.30. The Hall–Kier alpha value is -2.65. The van der Waals surface area contributed by atoms with Gasteiger partial charge in [-0.15, -0.1) is 0 Å². The van der Waals surface area contributed by atoms with Crippen LogP contribution < -0.4 is 5.32 Å². The summed E-state index contributed by atoms with van der Waals surface area (Å²) in [6.07, 6.45) is -3.96. The highest BCUT2D eigenvalue weighted by Gasteiger charge is 2.42. The smallest absolute Gasteiger partial charge is 0.408 e. The van der Waals surface area contributed by atoms with Crippen molar-refractivity contribution in [1.29, 1.82) is 0 Å². The normalized spacial score (nSPS) is 26.4. The Morgan fingerprint density at radius 2 is 1.85 bits per heavy atom. The van der Waals surface area contributed by atoms with Gasteiger partial charge in [-0.1, -0.05) is 44.2 Å². The molecule has 2 N–H and O–H groups in total. The lowest BCUT2D eigenvalue weighted by molar-refractivity contribution is -0.194. The van der Waals surface area contributed by atoms with E-state index in [0.29, 0.717) is 0 Å². The van der Waals surface area contributed by atoms with Crippen LogP contribution in [-0.2, 0) is 35.0 Å². The number of ether oxygens (including phenoxy) is 4. The molecule has 0 aromatic heterocycles. The zero-order valence-electron chi connectivity index (χ0n) is 20.1. The van der Waals surface area contributed by atoms with Crippen LogP contribution >= 0.6 is 0 Å². The van der Waals surface area contributed by atoms with Crippen LogP contribution in [0.15, 0.2) is 30.3 Å². The summed E-state index contributed by atoms with van der Waals surface area (Å²) in [6.45, 7) is 9.73. The van der Waals surface area contributed by atoms with Crippen molar-refractivity contribution < 1.29 is 38.4 Å². The Labute approximate surface area is 194 Å². The number of hydrogen-bond acceptors (Lipinski definition) is 8. The molecule has 33 heavy (non-hydrogen) atoms. The number of nitrogens with one attached hydrogen (secondary N) is 1. The van der Waals surface area contributed by atoms with Crippen molar-refractivity contribution >= 4 is 18.0 Å². The third-order valence-corrected chi connectivity index (χ3v) is 4.99. The Balaban J connectivity index is 2.29. The number of carbonyl (C=O) groups excluding carboxylic acids is 3. The van der Waals surface area contributed by atoms with Crippen LogP contribution in [0.4, 0.5) is 4.79 Å². The Bertz CT molecular complexity index is 804. The van der Waals surface area contributed by atoms with Gasteiger partial charge in [0.25, 0.3) is 0 Å². The SMILES string of the molecule is CC(C)C(=O)OC1C(C)OC(O)C(NC(=O)OC(C)(C)C)COC(=O)C1Cc1ccccc1. The largest absolute Gasteiger partial charge is 0.463 e. The van der Waals surface area contributed by atoms with Gasteiger partial charge in [-0.3, -0.25) is 9.59 Å². The van der Waals surface area contributed by atoms with Crippen molar-refractivity contribution in [2.45, 2.75) is 78.1 Å². The zero-order chi connectivity index (χ0) is 24.8. The van der Waals surface area contributed by atoms with Gasteiger partial charge in [0, 0.05) is 0 Å². The summed E-state index contributed by atoms with van der Waals surface area (Å²) in [5, 5.41) is 13.1. The predicted molar refractivity (Wildman–Crippen MR) is 119 cm³/mol. The molecule has 184 valence electrons. The molecule has 1 amide bonds. The molecule has 1 saturated heterocycles. The lowest BCUT2D eigenvalue weighted by Gasteiger charge is -2.31. The van der Waals surface area contributed by atoms with Gasteiger partial charge in [-0.2, -0.15) is 0 Å².